The van der Waals surface area contributed by atoms with E-state index in [1.54, 1.807) is 0 Å². The second kappa shape index (κ2) is 4.81. The van der Waals surface area contributed by atoms with Gasteiger partial charge in [0.05, 0.1) is 0 Å². The Balaban J connectivity index is 0.000000845. The van der Waals surface area contributed by atoms with Gasteiger partial charge in [-0.3, -0.25) is 0 Å². The van der Waals surface area contributed by atoms with Gasteiger partial charge in [-0.1, -0.05) is 19.4 Å². The predicted octanol–water partition coefficient (Wildman–Crippen LogP) is 3.51. The van der Waals surface area contributed by atoms with E-state index in [1.165, 1.54) is 29.2 Å². The second-order valence-electron chi connectivity index (χ2n) is 3.24. The van der Waals surface area contributed by atoms with Crippen LogP contribution in [0.15, 0.2) is 36.4 Å². The van der Waals surface area contributed by atoms with Gasteiger partial charge in [-0.05, 0) is 6.42 Å². The maximum Gasteiger partial charge on any atom is 0 e. The third-order valence-electron chi connectivity index (χ3n) is 2.22. The van der Waals surface area contributed by atoms with Crippen molar-refractivity contribution in [2.45, 2.75) is 19.8 Å². The van der Waals surface area contributed by atoms with Crippen LogP contribution in [0.2, 0.25) is 0 Å². The topological polar surface area (TPSA) is 0 Å². The number of fused-ring (bicyclic) bond motifs is 1. The van der Waals surface area contributed by atoms with Gasteiger partial charge < -0.3 is 0 Å². The maximum absolute atomic E-state index is 2.29. The number of rotatable bonds is 2. The minimum absolute atomic E-state index is 0. The van der Waals surface area contributed by atoms with E-state index >= 15 is 0 Å². The first kappa shape index (κ1) is 10.8. The molecule has 0 nitrogen and oxygen atoms in total. The van der Waals surface area contributed by atoms with Crippen molar-refractivity contribution >= 4 is 10.8 Å². The summed E-state index contributed by atoms with van der Waals surface area (Å²) in [6.45, 7) is 2.22. The Morgan fingerprint density at radius 3 is 2.69 bits per heavy atom. The van der Waals surface area contributed by atoms with E-state index in [-0.39, 0.29) is 26.2 Å². The van der Waals surface area contributed by atoms with Gasteiger partial charge in [-0.25, -0.2) is 0 Å². The van der Waals surface area contributed by atoms with Crippen LogP contribution in [0, 0.1) is 0 Å². The average Bonchev–Trinajstić information content (AvgIpc) is 2.47. The largest absolute Gasteiger partial charge is 0.165 e. The van der Waals surface area contributed by atoms with Crippen LogP contribution in [-0.2, 0) is 32.6 Å². The number of hydrogen-bond donors (Lipinski definition) is 0. The molecule has 0 N–H and O–H groups in total. The molecule has 0 unspecified atom stereocenters. The summed E-state index contributed by atoms with van der Waals surface area (Å²) in [5, 5.41) is 2.75. The Kier molecular flexibility index (Phi) is 4.00. The van der Waals surface area contributed by atoms with Crippen LogP contribution in [0.25, 0.3) is 10.8 Å². The molecule has 2 rings (SSSR count). The average molecular weight is 248 g/mol. The second-order valence-corrected chi connectivity index (χ2v) is 3.24. The summed E-state index contributed by atoms with van der Waals surface area (Å²) in [5.41, 5.74) is 1.47. The fourth-order valence-corrected chi connectivity index (χ4v) is 1.65. The van der Waals surface area contributed by atoms with E-state index in [0.29, 0.717) is 0 Å². The van der Waals surface area contributed by atoms with Crippen LogP contribution in [0.4, 0.5) is 0 Å². The Bertz CT molecular complexity index is 340. The summed E-state index contributed by atoms with van der Waals surface area (Å²) >= 11 is 0. The first-order valence-corrected chi connectivity index (χ1v) is 4.54. The normalized spacial score (nSPS) is 9.92. The third kappa shape index (κ3) is 2.34. The van der Waals surface area contributed by atoms with Gasteiger partial charge in [-0.15, -0.1) is 40.6 Å². The molecule has 0 saturated heterocycles. The molecular formula is C12H13Zr-. The molecule has 0 aliphatic rings. The Labute approximate surface area is 98.4 Å². The fourth-order valence-electron chi connectivity index (χ4n) is 1.65. The molecule has 0 radical (unpaired) electrons. The molecule has 13 heavy (non-hydrogen) atoms. The quantitative estimate of drug-likeness (QED) is 0.714. The van der Waals surface area contributed by atoms with Crippen LogP contribution in [0.5, 0.6) is 0 Å². The smallest absolute Gasteiger partial charge is 0 e. The van der Waals surface area contributed by atoms with Crippen LogP contribution in [0.1, 0.15) is 18.9 Å². The van der Waals surface area contributed by atoms with E-state index < -0.39 is 0 Å². The molecule has 0 bridgehead atoms. The number of benzene rings is 1. The van der Waals surface area contributed by atoms with Crippen molar-refractivity contribution < 1.29 is 26.2 Å². The Hall–Kier alpha value is -0.287. The Morgan fingerprint density at radius 1 is 1.23 bits per heavy atom. The summed E-state index contributed by atoms with van der Waals surface area (Å²) in [7, 11) is 0. The summed E-state index contributed by atoms with van der Waals surface area (Å²) in [4.78, 5) is 0. The SMILES string of the molecule is CCCc1cc2ccccc2[cH-]1.[Zr]. The molecule has 2 aromatic carbocycles. The van der Waals surface area contributed by atoms with Crippen LogP contribution >= 0.6 is 0 Å². The van der Waals surface area contributed by atoms with Gasteiger partial charge in [0.15, 0.2) is 0 Å². The fraction of sp³-hybridized carbons (Fsp3) is 0.250. The molecule has 0 saturated carbocycles. The van der Waals surface area contributed by atoms with E-state index in [4.69, 9.17) is 0 Å². The van der Waals surface area contributed by atoms with Crippen LogP contribution in [0.3, 0.4) is 0 Å². The molecule has 1 heteroatoms. The zero-order chi connectivity index (χ0) is 8.39. The third-order valence-corrected chi connectivity index (χ3v) is 2.22. The summed E-state index contributed by atoms with van der Waals surface area (Å²) in [6, 6.07) is 13.1. The standard InChI is InChI=1S/C12H13.Zr/c1-2-5-10-8-11-6-3-4-7-12(11)9-10;/h3-4,6-9H,2,5H2,1H3;/q-1;. The van der Waals surface area contributed by atoms with E-state index in [0.717, 1.165) is 0 Å². The van der Waals surface area contributed by atoms with Crippen molar-refractivity contribution in [1.82, 2.24) is 0 Å². The van der Waals surface area contributed by atoms with Gasteiger partial charge in [0.2, 0.25) is 0 Å². The molecule has 0 atom stereocenters. The van der Waals surface area contributed by atoms with Gasteiger partial charge in [0.25, 0.3) is 0 Å². The summed E-state index contributed by atoms with van der Waals surface area (Å²) in [6.07, 6.45) is 2.44. The first-order valence-electron chi connectivity index (χ1n) is 4.54. The minimum atomic E-state index is 0. The molecular weight excluding hydrogens is 235 g/mol. The first-order chi connectivity index (χ1) is 5.90. The zero-order valence-corrected chi connectivity index (χ0v) is 10.3. The van der Waals surface area contributed by atoms with Gasteiger partial charge in [-0.2, -0.15) is 6.07 Å². The van der Waals surface area contributed by atoms with E-state index in [2.05, 4.69) is 43.3 Å². The van der Waals surface area contributed by atoms with E-state index in [9.17, 15) is 0 Å². The predicted molar refractivity (Wildman–Crippen MR) is 53.5 cm³/mol. The van der Waals surface area contributed by atoms with Crippen molar-refractivity contribution in [3.8, 4) is 0 Å². The molecule has 2 aromatic rings. The van der Waals surface area contributed by atoms with Crippen molar-refractivity contribution in [3.63, 3.8) is 0 Å². The molecule has 0 aliphatic heterocycles. The van der Waals surface area contributed by atoms with Crippen LogP contribution < -0.4 is 0 Å². The van der Waals surface area contributed by atoms with Gasteiger partial charge in [0.1, 0.15) is 0 Å². The van der Waals surface area contributed by atoms with Crippen molar-refractivity contribution in [2.75, 3.05) is 0 Å². The number of hydrogen-bond acceptors (Lipinski definition) is 0. The zero-order valence-electron chi connectivity index (χ0n) is 7.88. The molecule has 0 aromatic heterocycles. The van der Waals surface area contributed by atoms with Crippen molar-refractivity contribution in [2.24, 2.45) is 0 Å². The maximum atomic E-state index is 2.29. The molecule has 0 spiro atoms. The summed E-state index contributed by atoms with van der Waals surface area (Å²) in [5.74, 6) is 0. The number of aryl methyl sites for hydroxylation is 1. The molecule has 0 amide bonds. The monoisotopic (exact) mass is 247 g/mol. The molecule has 66 valence electrons. The molecule has 0 aliphatic carbocycles. The molecule has 0 heterocycles. The van der Waals surface area contributed by atoms with Gasteiger partial charge >= 0.3 is 0 Å². The minimum Gasteiger partial charge on any atom is -0.165 e. The Morgan fingerprint density at radius 2 is 2.00 bits per heavy atom. The van der Waals surface area contributed by atoms with Crippen molar-refractivity contribution in [3.05, 3.63) is 42.0 Å². The van der Waals surface area contributed by atoms with Crippen molar-refractivity contribution in [1.29, 1.82) is 0 Å². The summed E-state index contributed by atoms with van der Waals surface area (Å²) < 4.78 is 0. The van der Waals surface area contributed by atoms with Crippen LogP contribution in [-0.4, -0.2) is 0 Å². The van der Waals surface area contributed by atoms with E-state index in [1.807, 2.05) is 0 Å². The van der Waals surface area contributed by atoms with Gasteiger partial charge in [0, 0.05) is 26.2 Å². The molecule has 0 fully saturated rings.